The van der Waals surface area contributed by atoms with E-state index in [1.54, 1.807) is 4.68 Å². The lowest BCUT2D eigenvalue weighted by molar-refractivity contribution is -0.118. The predicted molar refractivity (Wildman–Crippen MR) is 169 cm³/mol. The van der Waals surface area contributed by atoms with E-state index < -0.39 is 5.25 Å². The summed E-state index contributed by atoms with van der Waals surface area (Å²) in [6.45, 7) is 7.83. The van der Waals surface area contributed by atoms with Crippen LogP contribution in [-0.4, -0.2) is 61.1 Å². The van der Waals surface area contributed by atoms with Crippen LogP contribution in [0.2, 0.25) is 0 Å². The summed E-state index contributed by atoms with van der Waals surface area (Å²) in [6, 6.07) is 23.1. The Labute approximate surface area is 255 Å². The van der Waals surface area contributed by atoms with E-state index in [9.17, 15) is 9.59 Å². The number of nitrogens with one attached hydrogen (secondary N) is 1. The van der Waals surface area contributed by atoms with Crippen molar-refractivity contribution in [2.75, 3.05) is 23.4 Å². The van der Waals surface area contributed by atoms with Crippen LogP contribution >= 0.6 is 11.8 Å². The highest BCUT2D eigenvalue weighted by molar-refractivity contribution is 8.01. The molecule has 2 amide bonds. The summed E-state index contributed by atoms with van der Waals surface area (Å²) in [7, 11) is 0. The Kier molecular flexibility index (Phi) is 8.24. The molecule has 2 aliphatic rings. The topological polar surface area (TPSA) is 109 Å². The number of hydrogen-bond acceptors (Lipinski definition) is 8. The second-order valence-electron chi connectivity index (χ2n) is 10.9. The Morgan fingerprint density at radius 2 is 1.74 bits per heavy atom. The number of aromatic nitrogens is 4. The molecule has 1 aromatic heterocycles. The summed E-state index contributed by atoms with van der Waals surface area (Å²) in [4.78, 5) is 29.3. The molecule has 6 rings (SSSR count). The molecule has 220 valence electrons. The number of rotatable bonds is 8. The number of carbonyl (C=O) groups is 2. The Hall–Kier alpha value is -4.51. The van der Waals surface area contributed by atoms with Gasteiger partial charge in [-0.15, -0.1) is 5.10 Å². The highest BCUT2D eigenvalue weighted by Gasteiger charge is 2.42. The Morgan fingerprint density at radius 1 is 1.00 bits per heavy atom. The SMILES string of the molecule is CCC(C(=O)Nc1ccc(N2N=C(N3CCCC3)C(Sc3nnnn3-c3ccccc3)C2=O)cc1)c1ccc(C)cc1C. The predicted octanol–water partition coefficient (Wildman–Crippen LogP) is 5.33. The average Bonchev–Trinajstić information content (AvgIpc) is 3.77. The van der Waals surface area contributed by atoms with Gasteiger partial charge in [0.05, 0.1) is 17.3 Å². The van der Waals surface area contributed by atoms with Crippen molar-refractivity contribution in [3.8, 4) is 5.69 Å². The van der Waals surface area contributed by atoms with E-state index in [1.165, 1.54) is 22.3 Å². The lowest BCUT2D eigenvalue weighted by atomic mass is 9.91. The van der Waals surface area contributed by atoms with Crippen molar-refractivity contribution in [1.29, 1.82) is 0 Å². The van der Waals surface area contributed by atoms with E-state index in [0.29, 0.717) is 28.8 Å². The molecule has 0 bridgehead atoms. The molecule has 11 heteroatoms. The quantitative estimate of drug-likeness (QED) is 0.294. The van der Waals surface area contributed by atoms with E-state index in [1.807, 2.05) is 80.6 Å². The molecular weight excluding hydrogens is 560 g/mol. The minimum Gasteiger partial charge on any atom is -0.357 e. The standard InChI is InChI=1S/C32H34N8O2S/c1-4-26(27-17-12-21(2)20-22(27)3)30(41)33-23-13-15-25(16-14-23)39-31(42)28(29(35-39)38-18-8-9-19-38)43-32-34-36-37-40(32)24-10-6-5-7-11-24/h5-7,10-17,20,26,28H,4,8-9,18-19H2,1-3H3,(H,33,41). The number of benzene rings is 3. The van der Waals surface area contributed by atoms with E-state index in [0.717, 1.165) is 42.7 Å². The number of thioether (sulfide) groups is 1. The van der Waals surface area contributed by atoms with Gasteiger partial charge in [0, 0.05) is 18.8 Å². The molecule has 2 atom stereocenters. The summed E-state index contributed by atoms with van der Waals surface area (Å²) in [5, 5.41) is 21.5. The number of amidine groups is 1. The van der Waals surface area contributed by atoms with Gasteiger partial charge in [0.25, 0.3) is 5.91 Å². The summed E-state index contributed by atoms with van der Waals surface area (Å²) >= 11 is 1.30. The zero-order valence-corrected chi connectivity index (χ0v) is 25.3. The lowest BCUT2D eigenvalue weighted by Crippen LogP contribution is -2.37. The summed E-state index contributed by atoms with van der Waals surface area (Å²) < 4.78 is 1.64. The first-order valence-electron chi connectivity index (χ1n) is 14.6. The minimum absolute atomic E-state index is 0.0543. The molecule has 3 aromatic carbocycles. The van der Waals surface area contributed by atoms with Crippen LogP contribution in [0.3, 0.4) is 0 Å². The van der Waals surface area contributed by atoms with Crippen LogP contribution in [0.15, 0.2) is 83.1 Å². The van der Waals surface area contributed by atoms with Crippen LogP contribution in [0, 0.1) is 13.8 Å². The van der Waals surface area contributed by atoms with Crippen molar-refractivity contribution in [1.82, 2.24) is 25.1 Å². The molecule has 1 N–H and O–H groups in total. The van der Waals surface area contributed by atoms with Gasteiger partial charge in [-0.3, -0.25) is 9.59 Å². The Bertz CT molecular complexity index is 1650. The third kappa shape index (κ3) is 5.90. The van der Waals surface area contributed by atoms with Crippen molar-refractivity contribution >= 4 is 40.8 Å². The van der Waals surface area contributed by atoms with Crippen LogP contribution in [0.5, 0.6) is 0 Å². The average molecular weight is 595 g/mol. The second kappa shape index (κ2) is 12.4. The number of amides is 2. The Morgan fingerprint density at radius 3 is 2.44 bits per heavy atom. The van der Waals surface area contributed by atoms with Gasteiger partial charge in [-0.2, -0.15) is 14.8 Å². The number of likely N-dealkylation sites (tertiary alicyclic amines) is 1. The molecule has 0 spiro atoms. The molecular formula is C32H34N8O2S. The van der Waals surface area contributed by atoms with Crippen molar-refractivity contribution in [2.24, 2.45) is 5.10 Å². The van der Waals surface area contributed by atoms with Gasteiger partial charge in [-0.25, -0.2) is 0 Å². The molecule has 43 heavy (non-hydrogen) atoms. The molecule has 1 saturated heterocycles. The monoisotopic (exact) mass is 594 g/mol. The van der Waals surface area contributed by atoms with E-state index in [2.05, 4.69) is 38.7 Å². The second-order valence-corrected chi connectivity index (χ2v) is 11.9. The maximum Gasteiger partial charge on any atom is 0.268 e. The fraction of sp³-hybridized carbons (Fsp3) is 0.312. The first-order valence-corrected chi connectivity index (χ1v) is 15.5. The number of anilines is 2. The van der Waals surface area contributed by atoms with Gasteiger partial charge in [-0.05, 0) is 91.1 Å². The number of aryl methyl sites for hydroxylation is 2. The van der Waals surface area contributed by atoms with Crippen LogP contribution in [0.25, 0.3) is 5.69 Å². The zero-order valence-electron chi connectivity index (χ0n) is 24.5. The fourth-order valence-electron chi connectivity index (χ4n) is 5.66. The van der Waals surface area contributed by atoms with Gasteiger partial charge >= 0.3 is 0 Å². The Balaban J connectivity index is 1.21. The number of carbonyl (C=O) groups excluding carboxylic acids is 2. The van der Waals surface area contributed by atoms with Gasteiger partial charge in [0.2, 0.25) is 11.1 Å². The normalized spacial score (nSPS) is 17.3. The number of para-hydroxylation sites is 1. The van der Waals surface area contributed by atoms with Crippen molar-refractivity contribution in [3.63, 3.8) is 0 Å². The first-order chi connectivity index (χ1) is 20.9. The first kappa shape index (κ1) is 28.6. The van der Waals surface area contributed by atoms with Crippen molar-refractivity contribution in [3.05, 3.63) is 89.5 Å². The van der Waals surface area contributed by atoms with Crippen molar-refractivity contribution in [2.45, 2.75) is 56.4 Å². The fourth-order valence-corrected chi connectivity index (χ4v) is 6.70. The highest BCUT2D eigenvalue weighted by atomic mass is 32.2. The molecule has 10 nitrogen and oxygen atoms in total. The van der Waals surface area contributed by atoms with Gasteiger partial charge in [-0.1, -0.05) is 60.6 Å². The molecule has 2 unspecified atom stereocenters. The zero-order chi connectivity index (χ0) is 29.9. The molecule has 3 heterocycles. The maximum atomic E-state index is 13.9. The number of nitrogens with zero attached hydrogens (tertiary/aromatic N) is 7. The number of hydrazone groups is 1. The van der Waals surface area contributed by atoms with Crippen LogP contribution in [0.1, 0.15) is 48.8 Å². The molecule has 4 aromatic rings. The molecule has 2 aliphatic heterocycles. The van der Waals surface area contributed by atoms with E-state index >= 15 is 0 Å². The molecule has 0 radical (unpaired) electrons. The summed E-state index contributed by atoms with van der Waals surface area (Å²) in [5.41, 5.74) is 5.44. The number of tetrazole rings is 1. The molecule has 0 aliphatic carbocycles. The molecule has 0 saturated carbocycles. The maximum absolute atomic E-state index is 13.9. The van der Waals surface area contributed by atoms with E-state index in [4.69, 9.17) is 5.10 Å². The largest absolute Gasteiger partial charge is 0.357 e. The highest BCUT2D eigenvalue weighted by Crippen LogP contribution is 2.34. The van der Waals surface area contributed by atoms with Crippen molar-refractivity contribution < 1.29 is 9.59 Å². The van der Waals surface area contributed by atoms with Crippen LogP contribution in [0.4, 0.5) is 11.4 Å². The van der Waals surface area contributed by atoms with Crippen LogP contribution < -0.4 is 10.3 Å². The minimum atomic E-state index is -0.589. The van der Waals surface area contributed by atoms with Gasteiger partial charge < -0.3 is 10.2 Å². The summed E-state index contributed by atoms with van der Waals surface area (Å²) in [6.07, 6.45) is 2.81. The third-order valence-electron chi connectivity index (χ3n) is 7.87. The number of hydrogen-bond donors (Lipinski definition) is 1. The smallest absolute Gasteiger partial charge is 0.268 e. The van der Waals surface area contributed by atoms with Gasteiger partial charge in [0.1, 0.15) is 5.84 Å². The lowest BCUT2D eigenvalue weighted by Gasteiger charge is -2.20. The van der Waals surface area contributed by atoms with Gasteiger partial charge in [0.15, 0.2) is 5.25 Å². The molecule has 1 fully saturated rings. The summed E-state index contributed by atoms with van der Waals surface area (Å²) in [5.74, 6) is 0.249. The van der Waals surface area contributed by atoms with E-state index in [-0.39, 0.29) is 17.7 Å². The van der Waals surface area contributed by atoms with Crippen LogP contribution in [-0.2, 0) is 9.59 Å². The third-order valence-corrected chi connectivity index (χ3v) is 8.98.